The van der Waals surface area contributed by atoms with Crippen LogP contribution in [-0.2, 0) is 19.6 Å². The number of unbranched alkanes of at least 4 members (excludes halogenated alkanes) is 1. The second kappa shape index (κ2) is 5.65. The molecule has 124 valence electrons. The van der Waals surface area contributed by atoms with E-state index in [2.05, 4.69) is 11.5 Å². The Morgan fingerprint density at radius 3 is 2.57 bits per heavy atom. The van der Waals surface area contributed by atoms with Crippen molar-refractivity contribution in [1.29, 1.82) is 0 Å². The molecule has 2 aromatic heterocycles. The third-order valence-electron chi connectivity index (χ3n) is 5.35. The van der Waals surface area contributed by atoms with Crippen LogP contribution in [0, 0.1) is 0 Å². The largest absolute Gasteiger partial charge is 0.332 e. The minimum atomic E-state index is -0.199. The van der Waals surface area contributed by atoms with Crippen molar-refractivity contribution in [1.82, 2.24) is 18.7 Å². The summed E-state index contributed by atoms with van der Waals surface area (Å²) >= 11 is 0. The summed E-state index contributed by atoms with van der Waals surface area (Å²) in [5.74, 6) is 1.49. The van der Waals surface area contributed by atoms with E-state index in [0.717, 1.165) is 50.1 Å². The maximum atomic E-state index is 12.8. The number of imidazole rings is 1. The zero-order valence-electron chi connectivity index (χ0n) is 13.8. The van der Waals surface area contributed by atoms with Crippen molar-refractivity contribution in [2.24, 2.45) is 0 Å². The molecule has 1 aliphatic carbocycles. The van der Waals surface area contributed by atoms with Crippen LogP contribution in [-0.4, -0.2) is 18.7 Å². The molecule has 0 saturated heterocycles. The van der Waals surface area contributed by atoms with E-state index < -0.39 is 0 Å². The van der Waals surface area contributed by atoms with Crippen LogP contribution in [0.3, 0.4) is 0 Å². The van der Waals surface area contributed by atoms with Crippen molar-refractivity contribution in [2.75, 3.05) is 0 Å². The molecule has 0 atom stereocenters. The second-order valence-electron chi connectivity index (χ2n) is 6.87. The van der Waals surface area contributed by atoms with Gasteiger partial charge in [0.05, 0.1) is 0 Å². The van der Waals surface area contributed by atoms with Crippen LogP contribution in [0.15, 0.2) is 9.59 Å². The molecule has 0 bridgehead atoms. The van der Waals surface area contributed by atoms with Gasteiger partial charge in [0.1, 0.15) is 11.5 Å². The van der Waals surface area contributed by atoms with Crippen LogP contribution < -0.4 is 11.2 Å². The zero-order valence-corrected chi connectivity index (χ0v) is 13.8. The van der Waals surface area contributed by atoms with E-state index in [1.54, 1.807) is 4.57 Å². The third-order valence-corrected chi connectivity index (χ3v) is 5.35. The lowest BCUT2D eigenvalue weighted by atomic mass is 10.1. The van der Waals surface area contributed by atoms with Gasteiger partial charge in [0.25, 0.3) is 5.56 Å². The molecule has 6 heteroatoms. The maximum Gasteiger partial charge on any atom is 0.332 e. The highest BCUT2D eigenvalue weighted by atomic mass is 16.2. The summed E-state index contributed by atoms with van der Waals surface area (Å²) in [6, 6.07) is 0. The fourth-order valence-corrected chi connectivity index (χ4v) is 4.15. The van der Waals surface area contributed by atoms with Gasteiger partial charge in [-0.15, -0.1) is 0 Å². The van der Waals surface area contributed by atoms with Crippen LogP contribution >= 0.6 is 0 Å². The van der Waals surface area contributed by atoms with Gasteiger partial charge in [0.15, 0.2) is 5.52 Å². The molecule has 0 radical (unpaired) electrons. The van der Waals surface area contributed by atoms with Gasteiger partial charge in [-0.05, 0) is 25.7 Å². The Labute approximate surface area is 134 Å². The molecule has 0 aromatic carbocycles. The Morgan fingerprint density at radius 2 is 1.83 bits per heavy atom. The molecule has 1 fully saturated rings. The van der Waals surface area contributed by atoms with Crippen molar-refractivity contribution in [3.05, 3.63) is 26.7 Å². The van der Waals surface area contributed by atoms with Crippen LogP contribution in [0.4, 0.5) is 0 Å². The van der Waals surface area contributed by atoms with E-state index in [0.29, 0.717) is 24.5 Å². The van der Waals surface area contributed by atoms with Gasteiger partial charge in [-0.1, -0.05) is 26.2 Å². The zero-order chi connectivity index (χ0) is 16.0. The molecule has 0 N–H and O–H groups in total. The van der Waals surface area contributed by atoms with E-state index in [1.165, 1.54) is 17.4 Å². The Hall–Kier alpha value is -1.85. The average Bonchev–Trinajstić information content (AvgIpc) is 3.20. The first-order valence-corrected chi connectivity index (χ1v) is 8.96. The lowest BCUT2D eigenvalue weighted by Crippen LogP contribution is -2.41. The first-order valence-electron chi connectivity index (χ1n) is 8.96. The topological polar surface area (TPSA) is 61.8 Å². The Kier molecular flexibility index (Phi) is 3.62. The fraction of sp³-hybridized carbons (Fsp3) is 0.706. The molecule has 3 heterocycles. The molecule has 4 rings (SSSR count). The highest BCUT2D eigenvalue weighted by Gasteiger charge is 2.28. The van der Waals surface area contributed by atoms with Gasteiger partial charge in [0.2, 0.25) is 0 Å². The van der Waals surface area contributed by atoms with Crippen LogP contribution in [0.2, 0.25) is 0 Å². The Balaban J connectivity index is 1.97. The summed E-state index contributed by atoms with van der Waals surface area (Å²) < 4.78 is 5.33. The first kappa shape index (κ1) is 14.7. The summed E-state index contributed by atoms with van der Waals surface area (Å²) in [7, 11) is 0. The molecule has 1 saturated carbocycles. The maximum absolute atomic E-state index is 12.8. The van der Waals surface area contributed by atoms with E-state index in [9.17, 15) is 9.59 Å². The number of rotatable bonds is 4. The van der Waals surface area contributed by atoms with Gasteiger partial charge in [-0.3, -0.25) is 13.9 Å². The monoisotopic (exact) mass is 316 g/mol. The molecule has 2 aromatic rings. The van der Waals surface area contributed by atoms with Gasteiger partial charge in [-0.25, -0.2) is 9.78 Å². The molecule has 23 heavy (non-hydrogen) atoms. The Morgan fingerprint density at radius 1 is 1.09 bits per heavy atom. The number of aromatic nitrogens is 4. The molecule has 0 unspecified atom stereocenters. The summed E-state index contributed by atoms with van der Waals surface area (Å²) in [6.07, 6.45) is 7.52. The predicted molar refractivity (Wildman–Crippen MR) is 89.0 cm³/mol. The summed E-state index contributed by atoms with van der Waals surface area (Å²) in [5.41, 5.74) is 0.910. The molecule has 0 spiro atoms. The second-order valence-corrected chi connectivity index (χ2v) is 6.87. The molecule has 6 nitrogen and oxygen atoms in total. The van der Waals surface area contributed by atoms with E-state index in [4.69, 9.17) is 4.98 Å². The van der Waals surface area contributed by atoms with Crippen molar-refractivity contribution >= 4 is 11.2 Å². The van der Waals surface area contributed by atoms with Crippen molar-refractivity contribution < 1.29 is 0 Å². The highest BCUT2D eigenvalue weighted by molar-refractivity contribution is 5.71. The van der Waals surface area contributed by atoms with Crippen LogP contribution in [0.1, 0.15) is 63.6 Å². The lowest BCUT2D eigenvalue weighted by molar-refractivity contribution is 0.463. The standard InChI is InChI=1S/C17H24N4O2/c1-2-3-9-21-16(22)13-15-19(10-6-11-20(15)17(21)23)14(18-13)12-7-4-5-8-12/h12H,2-11H2,1H3. The number of hydrogen-bond acceptors (Lipinski definition) is 3. The highest BCUT2D eigenvalue weighted by Crippen LogP contribution is 2.35. The predicted octanol–water partition coefficient (Wildman–Crippen LogP) is 2.22. The SMILES string of the molecule is CCCCn1c(=O)c2nc(C3CCCC3)n3c2n(c1=O)CCC3. The normalized spacial score (nSPS) is 18.1. The average molecular weight is 316 g/mol. The third kappa shape index (κ3) is 2.18. The van der Waals surface area contributed by atoms with Gasteiger partial charge in [-0.2, -0.15) is 0 Å². The smallest absolute Gasteiger partial charge is 0.314 e. The van der Waals surface area contributed by atoms with Gasteiger partial charge < -0.3 is 4.57 Å². The van der Waals surface area contributed by atoms with E-state index in [1.807, 2.05) is 0 Å². The number of hydrogen-bond donors (Lipinski definition) is 0. The minimum absolute atomic E-state index is 0.158. The molecule has 1 aliphatic heterocycles. The number of aryl methyl sites for hydroxylation is 2. The van der Waals surface area contributed by atoms with E-state index >= 15 is 0 Å². The van der Waals surface area contributed by atoms with E-state index in [-0.39, 0.29) is 11.2 Å². The van der Waals surface area contributed by atoms with Crippen molar-refractivity contribution in [3.63, 3.8) is 0 Å². The summed E-state index contributed by atoms with van der Waals surface area (Å²) in [6.45, 7) is 4.13. The quantitative estimate of drug-likeness (QED) is 0.869. The number of nitrogens with zero attached hydrogens (tertiary/aromatic N) is 4. The van der Waals surface area contributed by atoms with Gasteiger partial charge >= 0.3 is 5.69 Å². The molecular formula is C17H24N4O2. The fourth-order valence-electron chi connectivity index (χ4n) is 4.15. The summed E-state index contributed by atoms with van der Waals surface area (Å²) in [4.78, 5) is 30.3. The minimum Gasteiger partial charge on any atom is -0.314 e. The summed E-state index contributed by atoms with van der Waals surface area (Å²) in [5, 5.41) is 0. The molecule has 0 amide bonds. The lowest BCUT2D eigenvalue weighted by Gasteiger charge is -2.20. The first-order chi connectivity index (χ1) is 11.2. The molecular weight excluding hydrogens is 292 g/mol. The van der Waals surface area contributed by atoms with Crippen LogP contribution in [0.25, 0.3) is 11.2 Å². The van der Waals surface area contributed by atoms with Gasteiger partial charge in [0, 0.05) is 25.6 Å². The van der Waals surface area contributed by atoms with Crippen LogP contribution in [0.5, 0.6) is 0 Å². The Bertz CT molecular complexity index is 852. The van der Waals surface area contributed by atoms with Crippen molar-refractivity contribution in [3.8, 4) is 0 Å². The molecule has 2 aliphatic rings. The van der Waals surface area contributed by atoms with Crippen molar-refractivity contribution in [2.45, 2.75) is 77.4 Å².